The Kier molecular flexibility index (Phi) is 5.84. The van der Waals surface area contributed by atoms with Gasteiger partial charge in [-0.15, -0.1) is 0 Å². The van der Waals surface area contributed by atoms with Gasteiger partial charge in [-0.2, -0.15) is 5.26 Å². The molecular formula is C25H20F2N6O2. The Labute approximate surface area is 198 Å². The van der Waals surface area contributed by atoms with Crippen LogP contribution in [-0.4, -0.2) is 39.3 Å². The van der Waals surface area contributed by atoms with E-state index in [4.69, 9.17) is 0 Å². The van der Waals surface area contributed by atoms with Gasteiger partial charge in [-0.3, -0.25) is 4.79 Å². The highest BCUT2D eigenvalue weighted by atomic mass is 19.1. The van der Waals surface area contributed by atoms with Gasteiger partial charge in [-0.1, -0.05) is 6.07 Å². The number of pyridine rings is 3. The van der Waals surface area contributed by atoms with E-state index in [0.29, 0.717) is 31.7 Å². The summed E-state index contributed by atoms with van der Waals surface area (Å²) in [6.07, 6.45) is 3.97. The number of nitrogens with one attached hydrogen (secondary N) is 2. The number of hydrogen-bond donors (Lipinski definition) is 3. The highest BCUT2D eigenvalue weighted by molar-refractivity contribution is 5.97. The summed E-state index contributed by atoms with van der Waals surface area (Å²) in [5, 5.41) is 22.4. The third-order valence-electron chi connectivity index (χ3n) is 6.03. The number of halogens is 2. The number of aromatic nitrogens is 3. The first-order valence-electron chi connectivity index (χ1n) is 11.0. The van der Waals surface area contributed by atoms with Crippen LogP contribution in [0.4, 0.5) is 26.0 Å². The monoisotopic (exact) mass is 474 g/mol. The summed E-state index contributed by atoms with van der Waals surface area (Å²) < 4.78 is 29.1. The van der Waals surface area contributed by atoms with Crippen LogP contribution in [0.3, 0.4) is 0 Å². The van der Waals surface area contributed by atoms with E-state index in [2.05, 4.69) is 25.2 Å². The molecular weight excluding hydrogens is 454 g/mol. The zero-order valence-corrected chi connectivity index (χ0v) is 18.4. The molecule has 1 saturated heterocycles. The van der Waals surface area contributed by atoms with Crippen LogP contribution in [0.15, 0.2) is 53.6 Å². The zero-order valence-electron chi connectivity index (χ0n) is 18.4. The lowest BCUT2D eigenvalue weighted by Crippen LogP contribution is -2.35. The maximum Gasteiger partial charge on any atom is 0.259 e. The molecule has 0 amide bonds. The quantitative estimate of drug-likeness (QED) is 0.411. The van der Waals surface area contributed by atoms with Crippen LogP contribution in [-0.2, 0) is 0 Å². The summed E-state index contributed by atoms with van der Waals surface area (Å²) in [5.41, 5.74) is 0.212. The average molecular weight is 474 g/mol. The lowest BCUT2D eigenvalue weighted by atomic mass is 10.1. The van der Waals surface area contributed by atoms with Crippen molar-refractivity contribution in [3.8, 4) is 17.3 Å². The predicted octanol–water partition coefficient (Wildman–Crippen LogP) is 3.84. The molecule has 1 aliphatic heterocycles. The van der Waals surface area contributed by atoms with E-state index < -0.39 is 17.2 Å². The molecule has 0 spiro atoms. The number of aliphatic hydroxyl groups excluding tert-OH is 1. The summed E-state index contributed by atoms with van der Waals surface area (Å²) in [6, 6.07) is 10.4. The Morgan fingerprint density at radius 3 is 2.57 bits per heavy atom. The molecule has 10 heteroatoms. The molecule has 0 aliphatic carbocycles. The summed E-state index contributed by atoms with van der Waals surface area (Å²) >= 11 is 0. The van der Waals surface area contributed by atoms with Crippen LogP contribution >= 0.6 is 0 Å². The SMILES string of the molecule is N#Cc1c[nH]c(=O)c2c(Nc3ccc(N4CCC(O)CC4)cn3)cc(-c3c(F)cccc3F)nc12. The smallest absolute Gasteiger partial charge is 0.259 e. The van der Waals surface area contributed by atoms with Gasteiger partial charge in [0.15, 0.2) is 0 Å². The normalized spacial score (nSPS) is 14.2. The molecule has 4 heterocycles. The summed E-state index contributed by atoms with van der Waals surface area (Å²) in [5.74, 6) is -1.25. The van der Waals surface area contributed by atoms with Gasteiger partial charge in [0.25, 0.3) is 5.56 Å². The molecule has 1 fully saturated rings. The van der Waals surface area contributed by atoms with Gasteiger partial charge in [0.1, 0.15) is 23.5 Å². The molecule has 4 aromatic rings. The summed E-state index contributed by atoms with van der Waals surface area (Å²) in [4.78, 5) is 26.0. The minimum absolute atomic E-state index is 0.0161. The second-order valence-corrected chi connectivity index (χ2v) is 8.26. The number of piperidine rings is 1. The Bertz CT molecular complexity index is 1490. The molecule has 0 saturated carbocycles. The number of rotatable bonds is 4. The van der Waals surface area contributed by atoms with Crippen molar-refractivity contribution < 1.29 is 13.9 Å². The van der Waals surface area contributed by atoms with Crippen LogP contribution in [0.25, 0.3) is 22.2 Å². The van der Waals surface area contributed by atoms with E-state index in [1.807, 2.05) is 12.1 Å². The van der Waals surface area contributed by atoms with Crippen molar-refractivity contribution in [2.45, 2.75) is 18.9 Å². The standard InChI is InChI=1S/C25H20F2N6O2/c26-17-2-1-3-18(27)22(17)19-10-20(23-24(32-19)14(11-28)12-30-25(23)35)31-21-5-4-15(13-29-21)33-8-6-16(34)7-9-33/h1-5,10,12-13,16,34H,6-9H2,(H,30,35)(H,29,31,32). The first-order chi connectivity index (χ1) is 16.9. The molecule has 8 nitrogen and oxygen atoms in total. The maximum atomic E-state index is 14.5. The Hall–Kier alpha value is -4.36. The van der Waals surface area contributed by atoms with Gasteiger partial charge < -0.3 is 20.3 Å². The second-order valence-electron chi connectivity index (χ2n) is 8.26. The van der Waals surface area contributed by atoms with Crippen molar-refractivity contribution in [3.63, 3.8) is 0 Å². The number of benzene rings is 1. The van der Waals surface area contributed by atoms with Gasteiger partial charge in [0.2, 0.25) is 0 Å². The Balaban J connectivity index is 1.59. The van der Waals surface area contributed by atoms with Gasteiger partial charge in [-0.05, 0) is 43.2 Å². The van der Waals surface area contributed by atoms with E-state index in [0.717, 1.165) is 17.8 Å². The molecule has 0 radical (unpaired) electrons. The second kappa shape index (κ2) is 9.12. The highest BCUT2D eigenvalue weighted by Crippen LogP contribution is 2.32. The molecule has 0 unspecified atom stereocenters. The van der Waals surface area contributed by atoms with Crippen molar-refractivity contribution in [1.82, 2.24) is 15.0 Å². The van der Waals surface area contributed by atoms with Crippen LogP contribution in [0, 0.1) is 23.0 Å². The predicted molar refractivity (Wildman–Crippen MR) is 127 cm³/mol. The zero-order chi connectivity index (χ0) is 24.5. The lowest BCUT2D eigenvalue weighted by molar-refractivity contribution is 0.145. The molecule has 3 N–H and O–H groups in total. The molecule has 1 aliphatic rings. The lowest BCUT2D eigenvalue weighted by Gasteiger charge is -2.31. The Morgan fingerprint density at radius 2 is 1.91 bits per heavy atom. The average Bonchev–Trinajstić information content (AvgIpc) is 2.85. The third kappa shape index (κ3) is 4.29. The van der Waals surface area contributed by atoms with Gasteiger partial charge >= 0.3 is 0 Å². The largest absolute Gasteiger partial charge is 0.393 e. The minimum atomic E-state index is -0.819. The summed E-state index contributed by atoms with van der Waals surface area (Å²) in [6.45, 7) is 1.43. The summed E-state index contributed by atoms with van der Waals surface area (Å²) in [7, 11) is 0. The van der Waals surface area contributed by atoms with E-state index in [9.17, 15) is 23.9 Å². The fourth-order valence-corrected chi connectivity index (χ4v) is 4.21. The van der Waals surface area contributed by atoms with E-state index in [1.54, 1.807) is 12.3 Å². The first-order valence-corrected chi connectivity index (χ1v) is 11.0. The third-order valence-corrected chi connectivity index (χ3v) is 6.03. The van der Waals surface area contributed by atoms with E-state index in [1.165, 1.54) is 18.3 Å². The van der Waals surface area contributed by atoms with Crippen molar-refractivity contribution in [2.24, 2.45) is 0 Å². The molecule has 0 atom stereocenters. The molecule has 176 valence electrons. The van der Waals surface area contributed by atoms with Crippen LogP contribution in [0.5, 0.6) is 0 Å². The number of H-pyrrole nitrogens is 1. The van der Waals surface area contributed by atoms with Gasteiger partial charge in [-0.25, -0.2) is 18.7 Å². The van der Waals surface area contributed by atoms with E-state index >= 15 is 0 Å². The number of aromatic amines is 1. The fraction of sp³-hybridized carbons (Fsp3) is 0.200. The number of aliphatic hydroxyl groups is 1. The topological polar surface area (TPSA) is 118 Å². The van der Waals surface area contributed by atoms with Crippen molar-refractivity contribution in [3.05, 3.63) is 76.3 Å². The Morgan fingerprint density at radius 1 is 1.17 bits per heavy atom. The number of anilines is 3. The maximum absolute atomic E-state index is 14.5. The molecule has 0 bridgehead atoms. The van der Waals surface area contributed by atoms with E-state index in [-0.39, 0.29) is 39.5 Å². The fourth-order valence-electron chi connectivity index (χ4n) is 4.21. The van der Waals surface area contributed by atoms with Crippen molar-refractivity contribution >= 4 is 28.1 Å². The van der Waals surface area contributed by atoms with Gasteiger partial charge in [0, 0.05) is 19.3 Å². The number of nitrogens with zero attached hydrogens (tertiary/aromatic N) is 4. The molecule has 35 heavy (non-hydrogen) atoms. The van der Waals surface area contributed by atoms with Crippen LogP contribution in [0.1, 0.15) is 18.4 Å². The highest BCUT2D eigenvalue weighted by Gasteiger charge is 2.20. The minimum Gasteiger partial charge on any atom is -0.393 e. The molecule has 5 rings (SSSR count). The first kappa shape index (κ1) is 22.4. The van der Waals surface area contributed by atoms with Crippen molar-refractivity contribution in [1.29, 1.82) is 5.26 Å². The van der Waals surface area contributed by atoms with Crippen LogP contribution in [0.2, 0.25) is 0 Å². The number of fused-ring (bicyclic) bond motifs is 1. The molecule has 1 aromatic carbocycles. The van der Waals surface area contributed by atoms with Crippen LogP contribution < -0.4 is 15.8 Å². The molecule has 3 aromatic heterocycles. The number of hydrogen-bond acceptors (Lipinski definition) is 7. The van der Waals surface area contributed by atoms with Crippen molar-refractivity contribution in [2.75, 3.05) is 23.3 Å². The van der Waals surface area contributed by atoms with Gasteiger partial charge in [0.05, 0.1) is 51.4 Å². The number of nitriles is 1.